The molecule has 0 saturated heterocycles. The van der Waals surface area contributed by atoms with E-state index in [1.165, 1.54) is 6.07 Å². The predicted octanol–water partition coefficient (Wildman–Crippen LogP) is 3.90. The molecule has 2 heterocycles. The molecule has 148 valence electrons. The molecule has 3 aromatic rings. The van der Waals surface area contributed by atoms with Crippen LogP contribution in [0.3, 0.4) is 0 Å². The Labute approximate surface area is 168 Å². The summed E-state index contributed by atoms with van der Waals surface area (Å²) in [6, 6.07) is 13.9. The molecule has 0 fully saturated rings. The zero-order chi connectivity index (χ0) is 20.4. The topological polar surface area (TPSA) is 68.5 Å². The first-order chi connectivity index (χ1) is 14.0. The molecule has 0 spiro atoms. The fraction of sp³-hybridized carbons (Fsp3) is 0.227. The predicted molar refractivity (Wildman–Crippen MR) is 108 cm³/mol. The number of nitrogens with zero attached hydrogens (tertiary/aromatic N) is 3. The highest BCUT2D eigenvalue weighted by Gasteiger charge is 2.43. The second-order valence-corrected chi connectivity index (χ2v) is 7.23. The van der Waals surface area contributed by atoms with Crippen LogP contribution in [0.5, 0.6) is 0 Å². The van der Waals surface area contributed by atoms with Gasteiger partial charge < -0.3 is 14.7 Å². The third-order valence-corrected chi connectivity index (χ3v) is 5.06. The molecule has 0 saturated carbocycles. The zero-order valence-electron chi connectivity index (χ0n) is 16.2. The molecule has 1 amide bonds. The highest BCUT2D eigenvalue weighted by atomic mass is 19.1. The number of nitrogens with one attached hydrogen (secondary N) is 1. The Balaban J connectivity index is 1.51. The normalized spacial score (nSPS) is 18.2. The van der Waals surface area contributed by atoms with E-state index in [0.717, 1.165) is 11.4 Å². The minimum absolute atomic E-state index is 0.183. The standard InChI is InChI=1S/C22H21FN4O2/c1-15-24-11-12-27(15)14-16-7-3-6-10-19(16)25-21(28)22(2)13-20(26-29-22)17-8-4-5-9-18(17)23/h3-12H,13-14H2,1-2H3,(H,25,28)/t22-/m1/s1. The Morgan fingerprint density at radius 2 is 2.00 bits per heavy atom. The zero-order valence-corrected chi connectivity index (χ0v) is 16.2. The van der Waals surface area contributed by atoms with Gasteiger partial charge in [-0.1, -0.05) is 41.6 Å². The number of halogens is 1. The van der Waals surface area contributed by atoms with Crippen LogP contribution in [0.1, 0.15) is 30.3 Å². The fourth-order valence-corrected chi connectivity index (χ4v) is 3.29. The molecule has 0 bridgehead atoms. The van der Waals surface area contributed by atoms with Crippen LogP contribution in [0.15, 0.2) is 66.1 Å². The maximum atomic E-state index is 14.1. The lowest BCUT2D eigenvalue weighted by atomic mass is 9.94. The SMILES string of the molecule is Cc1nccn1Cc1ccccc1NC(=O)[C@@]1(C)CC(c2ccccc2F)=NO1. The van der Waals surface area contributed by atoms with Gasteiger partial charge in [0.2, 0.25) is 5.60 Å². The van der Waals surface area contributed by atoms with Gasteiger partial charge in [-0.05, 0) is 31.5 Å². The molecule has 6 nitrogen and oxygen atoms in total. The number of carbonyl (C=O) groups is 1. The first kappa shape index (κ1) is 18.9. The minimum atomic E-state index is -1.21. The van der Waals surface area contributed by atoms with Gasteiger partial charge >= 0.3 is 0 Å². The number of benzene rings is 2. The summed E-state index contributed by atoms with van der Waals surface area (Å²) < 4.78 is 16.1. The van der Waals surface area contributed by atoms with Crippen molar-refractivity contribution in [2.24, 2.45) is 5.16 Å². The van der Waals surface area contributed by atoms with E-state index in [0.29, 0.717) is 23.5 Å². The highest BCUT2D eigenvalue weighted by molar-refractivity contribution is 6.08. The summed E-state index contributed by atoms with van der Waals surface area (Å²) in [5.41, 5.74) is 1.19. The molecule has 1 aliphatic rings. The second-order valence-electron chi connectivity index (χ2n) is 7.23. The molecule has 1 aromatic heterocycles. The van der Waals surface area contributed by atoms with E-state index in [9.17, 15) is 9.18 Å². The number of rotatable bonds is 5. The molecule has 29 heavy (non-hydrogen) atoms. The summed E-state index contributed by atoms with van der Waals surface area (Å²) in [6.45, 7) is 4.16. The van der Waals surface area contributed by atoms with Crippen LogP contribution < -0.4 is 5.32 Å². The van der Waals surface area contributed by atoms with Crippen LogP contribution in [0.2, 0.25) is 0 Å². The molecular weight excluding hydrogens is 371 g/mol. The molecule has 1 N–H and O–H groups in total. The van der Waals surface area contributed by atoms with Crippen molar-refractivity contribution in [2.75, 3.05) is 5.32 Å². The maximum absolute atomic E-state index is 14.1. The van der Waals surface area contributed by atoms with Crippen molar-refractivity contribution < 1.29 is 14.0 Å². The monoisotopic (exact) mass is 392 g/mol. The number of amides is 1. The van der Waals surface area contributed by atoms with Gasteiger partial charge in [-0.15, -0.1) is 0 Å². The third-order valence-electron chi connectivity index (χ3n) is 5.06. The van der Waals surface area contributed by atoms with Crippen LogP contribution in [-0.4, -0.2) is 26.8 Å². The van der Waals surface area contributed by atoms with Crippen molar-refractivity contribution in [1.29, 1.82) is 0 Å². The number of imidazole rings is 1. The Hall–Kier alpha value is -3.48. The number of hydrogen-bond donors (Lipinski definition) is 1. The Bertz CT molecular complexity index is 1090. The second kappa shape index (κ2) is 7.50. The van der Waals surface area contributed by atoms with E-state index in [2.05, 4.69) is 15.5 Å². The number of hydrogen-bond acceptors (Lipinski definition) is 4. The third kappa shape index (κ3) is 3.76. The fourth-order valence-electron chi connectivity index (χ4n) is 3.29. The first-order valence-electron chi connectivity index (χ1n) is 9.33. The van der Waals surface area contributed by atoms with E-state index >= 15 is 0 Å². The molecule has 0 radical (unpaired) electrons. The summed E-state index contributed by atoms with van der Waals surface area (Å²) >= 11 is 0. The van der Waals surface area contributed by atoms with Gasteiger partial charge in [0.15, 0.2) is 0 Å². The highest BCUT2D eigenvalue weighted by Crippen LogP contribution is 2.29. The largest absolute Gasteiger partial charge is 0.379 e. The van der Waals surface area contributed by atoms with E-state index < -0.39 is 5.60 Å². The lowest BCUT2D eigenvalue weighted by Crippen LogP contribution is -2.40. The van der Waals surface area contributed by atoms with Crippen molar-refractivity contribution >= 4 is 17.3 Å². The van der Waals surface area contributed by atoms with Gasteiger partial charge in [0.25, 0.3) is 5.91 Å². The Morgan fingerprint density at radius 1 is 1.24 bits per heavy atom. The van der Waals surface area contributed by atoms with Crippen molar-refractivity contribution in [3.05, 3.63) is 83.7 Å². The van der Waals surface area contributed by atoms with E-state index in [-0.39, 0.29) is 18.1 Å². The average molecular weight is 392 g/mol. The van der Waals surface area contributed by atoms with Crippen molar-refractivity contribution in [3.63, 3.8) is 0 Å². The summed E-state index contributed by atoms with van der Waals surface area (Å²) in [6.07, 6.45) is 3.82. The van der Waals surface area contributed by atoms with Gasteiger partial charge in [0.05, 0.1) is 12.3 Å². The summed E-state index contributed by atoms with van der Waals surface area (Å²) in [5.74, 6) is 0.170. The van der Waals surface area contributed by atoms with Gasteiger partial charge in [0, 0.05) is 30.1 Å². The molecule has 4 rings (SSSR count). The van der Waals surface area contributed by atoms with Gasteiger partial charge in [-0.3, -0.25) is 4.79 Å². The van der Waals surface area contributed by atoms with Crippen LogP contribution in [-0.2, 0) is 16.2 Å². The van der Waals surface area contributed by atoms with Crippen molar-refractivity contribution in [1.82, 2.24) is 9.55 Å². The van der Waals surface area contributed by atoms with Crippen molar-refractivity contribution in [3.8, 4) is 0 Å². The molecule has 1 aliphatic heterocycles. The number of para-hydroxylation sites is 1. The van der Waals surface area contributed by atoms with E-state index in [1.807, 2.05) is 42.0 Å². The van der Waals surface area contributed by atoms with Crippen molar-refractivity contribution in [2.45, 2.75) is 32.4 Å². The van der Waals surface area contributed by atoms with Gasteiger partial charge in [-0.25, -0.2) is 9.37 Å². The molecule has 2 aromatic carbocycles. The number of oxime groups is 1. The van der Waals surface area contributed by atoms with Crippen LogP contribution in [0.25, 0.3) is 0 Å². The minimum Gasteiger partial charge on any atom is -0.379 e. The van der Waals surface area contributed by atoms with Crippen LogP contribution >= 0.6 is 0 Å². The van der Waals surface area contributed by atoms with Crippen LogP contribution in [0.4, 0.5) is 10.1 Å². The summed E-state index contributed by atoms with van der Waals surface area (Å²) in [4.78, 5) is 22.7. The average Bonchev–Trinajstić information content (AvgIpc) is 3.30. The Kier molecular flexibility index (Phi) is 4.88. The quantitative estimate of drug-likeness (QED) is 0.716. The smallest absolute Gasteiger partial charge is 0.271 e. The van der Waals surface area contributed by atoms with Gasteiger partial charge in [-0.2, -0.15) is 0 Å². The summed E-state index contributed by atoms with van der Waals surface area (Å²) in [7, 11) is 0. The molecule has 1 atom stereocenters. The number of anilines is 1. The first-order valence-corrected chi connectivity index (χ1v) is 9.33. The summed E-state index contributed by atoms with van der Waals surface area (Å²) in [5, 5.41) is 6.93. The number of aromatic nitrogens is 2. The van der Waals surface area contributed by atoms with Gasteiger partial charge in [0.1, 0.15) is 11.6 Å². The lowest BCUT2D eigenvalue weighted by Gasteiger charge is -2.21. The van der Waals surface area contributed by atoms with Crippen LogP contribution in [0, 0.1) is 12.7 Å². The Morgan fingerprint density at radius 3 is 2.76 bits per heavy atom. The maximum Gasteiger partial charge on any atom is 0.271 e. The van der Waals surface area contributed by atoms with E-state index in [1.54, 1.807) is 31.3 Å². The number of aryl methyl sites for hydroxylation is 1. The molecule has 0 aliphatic carbocycles. The molecular formula is C22H21FN4O2. The number of carbonyl (C=O) groups excluding carboxylic acids is 1. The molecule has 7 heteroatoms. The lowest BCUT2D eigenvalue weighted by molar-refractivity contribution is -0.135. The van der Waals surface area contributed by atoms with E-state index in [4.69, 9.17) is 4.84 Å². The molecule has 0 unspecified atom stereocenters.